The summed E-state index contributed by atoms with van der Waals surface area (Å²) >= 11 is 1.30. The molecule has 2 aromatic heterocycles. The van der Waals surface area contributed by atoms with E-state index in [1.54, 1.807) is 13.3 Å². The Balaban J connectivity index is 1.53. The third-order valence-corrected chi connectivity index (χ3v) is 5.57. The topological polar surface area (TPSA) is 91.2 Å². The molecule has 2 aromatic carbocycles. The lowest BCUT2D eigenvalue weighted by Gasteiger charge is -2.11. The Morgan fingerprint density at radius 1 is 1.00 bits per heavy atom. The number of hydrogen-bond donors (Lipinski definition) is 1. The van der Waals surface area contributed by atoms with E-state index >= 15 is 0 Å². The maximum absolute atomic E-state index is 12.6. The fraction of sp³-hybridized carbons (Fsp3) is 0.167. The zero-order valence-corrected chi connectivity index (χ0v) is 19.1. The van der Waals surface area contributed by atoms with Crippen LogP contribution in [-0.2, 0) is 4.79 Å². The molecule has 0 fully saturated rings. The average molecular weight is 462 g/mol. The monoisotopic (exact) mass is 461 g/mol. The minimum absolute atomic E-state index is 0.146. The van der Waals surface area contributed by atoms with Gasteiger partial charge in [0.2, 0.25) is 5.91 Å². The van der Waals surface area contributed by atoms with Crippen molar-refractivity contribution in [1.29, 1.82) is 0 Å². The first kappa shape index (κ1) is 22.3. The molecule has 33 heavy (non-hydrogen) atoms. The van der Waals surface area contributed by atoms with Gasteiger partial charge in [-0.1, -0.05) is 17.8 Å². The first-order valence-corrected chi connectivity index (χ1v) is 11.3. The van der Waals surface area contributed by atoms with Gasteiger partial charge in [0.05, 0.1) is 25.2 Å². The Morgan fingerprint density at radius 3 is 2.42 bits per heavy atom. The summed E-state index contributed by atoms with van der Waals surface area (Å²) in [5.41, 5.74) is 2.23. The van der Waals surface area contributed by atoms with Crippen molar-refractivity contribution >= 4 is 23.4 Å². The van der Waals surface area contributed by atoms with Gasteiger partial charge in [0.25, 0.3) is 0 Å². The highest BCUT2D eigenvalue weighted by Crippen LogP contribution is 2.28. The fourth-order valence-electron chi connectivity index (χ4n) is 3.12. The normalized spacial score (nSPS) is 10.6. The van der Waals surface area contributed by atoms with E-state index in [1.165, 1.54) is 11.8 Å². The molecule has 0 aliphatic rings. The van der Waals surface area contributed by atoms with E-state index in [-0.39, 0.29) is 11.7 Å². The third kappa shape index (κ3) is 5.50. The highest BCUT2D eigenvalue weighted by atomic mass is 32.2. The summed E-state index contributed by atoms with van der Waals surface area (Å²) in [5, 5.41) is 12.2. The summed E-state index contributed by atoms with van der Waals surface area (Å²) < 4.78 is 12.6. The number of nitrogens with zero attached hydrogens (tertiary/aromatic N) is 4. The second-order valence-corrected chi connectivity index (χ2v) is 7.79. The van der Waals surface area contributed by atoms with Crippen LogP contribution in [0.5, 0.6) is 11.5 Å². The van der Waals surface area contributed by atoms with Crippen molar-refractivity contribution in [3.63, 3.8) is 0 Å². The van der Waals surface area contributed by atoms with E-state index in [1.807, 2.05) is 78.2 Å². The molecule has 1 N–H and O–H groups in total. The number of amides is 1. The Hall–Kier alpha value is -3.85. The molecule has 0 saturated heterocycles. The summed E-state index contributed by atoms with van der Waals surface area (Å²) in [5.74, 6) is 2.13. The number of rotatable bonds is 9. The van der Waals surface area contributed by atoms with E-state index < -0.39 is 0 Å². The summed E-state index contributed by atoms with van der Waals surface area (Å²) in [7, 11) is 1.62. The van der Waals surface area contributed by atoms with Gasteiger partial charge in [-0.15, -0.1) is 10.2 Å². The second-order valence-electron chi connectivity index (χ2n) is 6.85. The van der Waals surface area contributed by atoms with Gasteiger partial charge in [0, 0.05) is 11.9 Å². The van der Waals surface area contributed by atoms with E-state index in [0.717, 1.165) is 17.2 Å². The Kier molecular flexibility index (Phi) is 7.21. The minimum atomic E-state index is -0.146. The summed E-state index contributed by atoms with van der Waals surface area (Å²) in [6.07, 6.45) is 1.71. The summed E-state index contributed by atoms with van der Waals surface area (Å²) in [4.78, 5) is 17.0. The smallest absolute Gasteiger partial charge is 0.234 e. The molecule has 9 heteroatoms. The van der Waals surface area contributed by atoms with Crippen molar-refractivity contribution in [2.75, 3.05) is 24.8 Å². The van der Waals surface area contributed by atoms with Crippen molar-refractivity contribution in [2.45, 2.75) is 12.1 Å². The predicted octanol–water partition coefficient (Wildman–Crippen LogP) is 4.47. The molecule has 4 aromatic rings. The number of aromatic nitrogens is 4. The van der Waals surface area contributed by atoms with Crippen LogP contribution in [0.2, 0.25) is 0 Å². The van der Waals surface area contributed by atoms with Crippen molar-refractivity contribution in [3.8, 4) is 28.7 Å². The first-order valence-electron chi connectivity index (χ1n) is 10.3. The van der Waals surface area contributed by atoms with Gasteiger partial charge in [-0.05, 0) is 67.6 Å². The molecule has 0 unspecified atom stereocenters. The van der Waals surface area contributed by atoms with Crippen LogP contribution in [0.4, 0.5) is 5.69 Å². The van der Waals surface area contributed by atoms with Crippen LogP contribution in [0.1, 0.15) is 6.92 Å². The van der Waals surface area contributed by atoms with Gasteiger partial charge < -0.3 is 14.8 Å². The van der Waals surface area contributed by atoms with Crippen LogP contribution in [0.15, 0.2) is 78.1 Å². The van der Waals surface area contributed by atoms with Gasteiger partial charge in [-0.2, -0.15) is 0 Å². The Labute approximate surface area is 196 Å². The van der Waals surface area contributed by atoms with Crippen molar-refractivity contribution in [2.24, 2.45) is 0 Å². The molecule has 0 atom stereocenters. The van der Waals surface area contributed by atoms with Crippen LogP contribution in [0.25, 0.3) is 17.2 Å². The molecule has 0 radical (unpaired) electrons. The first-order chi connectivity index (χ1) is 16.2. The quantitative estimate of drug-likeness (QED) is 0.368. The molecule has 0 bridgehead atoms. The van der Waals surface area contributed by atoms with E-state index in [0.29, 0.717) is 29.0 Å². The summed E-state index contributed by atoms with van der Waals surface area (Å²) in [6, 6.07) is 20.4. The SMILES string of the molecule is CCOc1ccc(NC(=O)CSc2nnc(-c3ccccn3)n2-c2ccc(OC)cc2)cc1. The van der Waals surface area contributed by atoms with Crippen LogP contribution < -0.4 is 14.8 Å². The minimum Gasteiger partial charge on any atom is -0.497 e. The van der Waals surface area contributed by atoms with Gasteiger partial charge in [-0.3, -0.25) is 14.3 Å². The molecular formula is C24H23N5O3S. The maximum atomic E-state index is 12.6. The molecule has 2 heterocycles. The number of methoxy groups -OCH3 is 1. The zero-order chi connectivity index (χ0) is 23.0. The third-order valence-electron chi connectivity index (χ3n) is 4.64. The number of benzene rings is 2. The number of nitrogens with one attached hydrogen (secondary N) is 1. The second kappa shape index (κ2) is 10.6. The van der Waals surface area contributed by atoms with Crippen LogP contribution >= 0.6 is 11.8 Å². The summed E-state index contributed by atoms with van der Waals surface area (Å²) in [6.45, 7) is 2.52. The van der Waals surface area contributed by atoms with E-state index in [4.69, 9.17) is 9.47 Å². The van der Waals surface area contributed by atoms with Crippen LogP contribution in [0, 0.1) is 0 Å². The predicted molar refractivity (Wildman–Crippen MR) is 128 cm³/mol. The molecular weight excluding hydrogens is 438 g/mol. The van der Waals surface area contributed by atoms with E-state index in [2.05, 4.69) is 20.5 Å². The zero-order valence-electron chi connectivity index (χ0n) is 18.3. The number of hydrogen-bond acceptors (Lipinski definition) is 7. The lowest BCUT2D eigenvalue weighted by atomic mass is 10.3. The largest absolute Gasteiger partial charge is 0.497 e. The van der Waals surface area contributed by atoms with Crippen molar-refractivity contribution in [3.05, 3.63) is 72.9 Å². The maximum Gasteiger partial charge on any atom is 0.234 e. The van der Waals surface area contributed by atoms with E-state index in [9.17, 15) is 4.79 Å². The molecule has 0 spiro atoms. The van der Waals surface area contributed by atoms with Gasteiger partial charge in [-0.25, -0.2) is 0 Å². The number of ether oxygens (including phenoxy) is 2. The lowest BCUT2D eigenvalue weighted by Crippen LogP contribution is -2.14. The molecule has 0 aliphatic carbocycles. The highest BCUT2D eigenvalue weighted by molar-refractivity contribution is 7.99. The number of anilines is 1. The fourth-order valence-corrected chi connectivity index (χ4v) is 3.87. The number of carbonyl (C=O) groups is 1. The molecule has 168 valence electrons. The molecule has 0 saturated carbocycles. The number of thioether (sulfide) groups is 1. The van der Waals surface area contributed by atoms with Gasteiger partial charge in [0.1, 0.15) is 17.2 Å². The average Bonchev–Trinajstić information content (AvgIpc) is 3.29. The number of pyridine rings is 1. The Bertz CT molecular complexity index is 1200. The van der Waals surface area contributed by atoms with Crippen molar-refractivity contribution < 1.29 is 14.3 Å². The van der Waals surface area contributed by atoms with Crippen LogP contribution in [0.3, 0.4) is 0 Å². The number of carbonyl (C=O) groups excluding carboxylic acids is 1. The molecule has 4 rings (SSSR count). The lowest BCUT2D eigenvalue weighted by molar-refractivity contribution is -0.113. The van der Waals surface area contributed by atoms with Crippen molar-refractivity contribution in [1.82, 2.24) is 19.7 Å². The standard InChI is InChI=1S/C24H23N5O3S/c1-3-32-20-11-7-17(8-12-20)26-22(30)16-33-24-28-27-23(21-6-4-5-15-25-21)29(24)18-9-13-19(31-2)14-10-18/h4-15H,3,16H2,1-2H3,(H,26,30). The van der Waals surface area contributed by atoms with Crippen LogP contribution in [-0.4, -0.2) is 45.1 Å². The van der Waals surface area contributed by atoms with Gasteiger partial charge in [0.15, 0.2) is 11.0 Å². The molecule has 1 amide bonds. The Morgan fingerprint density at radius 2 is 1.76 bits per heavy atom. The molecule has 0 aliphatic heterocycles. The molecule has 8 nitrogen and oxygen atoms in total. The highest BCUT2D eigenvalue weighted by Gasteiger charge is 2.18. The van der Waals surface area contributed by atoms with Gasteiger partial charge >= 0.3 is 0 Å².